The van der Waals surface area contributed by atoms with Gasteiger partial charge < -0.3 is 20.6 Å². The molecule has 2 aromatic heterocycles. The number of carbonyl (C=O) groups excluding carboxylic acids is 1. The number of hydrogen-bond donors (Lipinski definition) is 4. The van der Waals surface area contributed by atoms with Crippen molar-refractivity contribution in [3.8, 4) is 0 Å². The summed E-state index contributed by atoms with van der Waals surface area (Å²) in [4.78, 5) is 25.6. The van der Waals surface area contributed by atoms with Gasteiger partial charge in [-0.05, 0) is 76.4 Å². The fraction of sp³-hybridized carbons (Fsp3) is 0.0370. The van der Waals surface area contributed by atoms with Crippen molar-refractivity contribution < 1.29 is 4.79 Å². The van der Waals surface area contributed by atoms with Crippen LogP contribution in [0.15, 0.2) is 204 Å². The number of nitrogens with one attached hydrogen (secondary N) is 4. The zero-order valence-corrected chi connectivity index (χ0v) is 33.0. The van der Waals surface area contributed by atoms with Gasteiger partial charge in [0.25, 0.3) is 5.91 Å². The van der Waals surface area contributed by atoms with Crippen LogP contribution in [0.3, 0.4) is 0 Å². The highest BCUT2D eigenvalue weighted by molar-refractivity contribution is 6.30. The molecular weight excluding hydrogens is 735 g/mol. The van der Waals surface area contributed by atoms with Gasteiger partial charge in [0.05, 0.1) is 22.8 Å². The standard InChI is InChI=1S/C54H41N5O/c1-55-54(60)40-25-22-35(23-26-40)24-27-41-34-48-51(38-18-10-4-11-19-38)46-31-30-44(57-46)49(36-14-6-2-7-15-36)42-28-29-43(56-42)50(37-16-8-3-9-17-37)45-32-33-47(58-45)52(53(41)59-48)39-20-12-5-13-21-39/h2-34,47,56,58-59H,1H3,(H,55,60)/b27-24+,49-44-,50-45-,51-48+,53-52-. The van der Waals surface area contributed by atoms with E-state index >= 15 is 0 Å². The fourth-order valence-electron chi connectivity index (χ4n) is 8.39. The number of H-pyrrole nitrogens is 2. The Hall–Kier alpha value is -7.96. The first-order valence-electron chi connectivity index (χ1n) is 20.2. The van der Waals surface area contributed by atoms with Crippen LogP contribution in [0.4, 0.5) is 0 Å². The van der Waals surface area contributed by atoms with Crippen LogP contribution in [0.1, 0.15) is 55.1 Å². The van der Waals surface area contributed by atoms with Crippen molar-refractivity contribution in [3.05, 3.63) is 261 Å². The number of benzene rings is 5. The summed E-state index contributed by atoms with van der Waals surface area (Å²) in [7, 11) is 1.65. The summed E-state index contributed by atoms with van der Waals surface area (Å²) in [5.41, 5.74) is 15.9. The number of aliphatic imine (C=N–C) groups is 1. The van der Waals surface area contributed by atoms with Crippen molar-refractivity contribution >= 4 is 46.1 Å². The number of amides is 1. The van der Waals surface area contributed by atoms with E-state index in [1.54, 1.807) is 7.05 Å². The van der Waals surface area contributed by atoms with E-state index in [2.05, 4.69) is 184 Å². The molecule has 10 rings (SSSR count). The molecule has 0 saturated carbocycles. The van der Waals surface area contributed by atoms with Gasteiger partial charge in [0.15, 0.2) is 0 Å². The Bertz CT molecular complexity index is 3070. The van der Waals surface area contributed by atoms with E-state index in [0.717, 1.165) is 94.9 Å². The molecule has 0 spiro atoms. The quantitative estimate of drug-likeness (QED) is 0.130. The third kappa shape index (κ3) is 6.90. The Balaban J connectivity index is 1.30. The minimum Gasteiger partial charge on any atom is -0.374 e. The minimum absolute atomic E-state index is 0.111. The second-order valence-electron chi connectivity index (χ2n) is 14.9. The summed E-state index contributed by atoms with van der Waals surface area (Å²) in [6, 6.07) is 56.3. The fourth-order valence-corrected chi connectivity index (χ4v) is 8.39. The average molecular weight is 776 g/mol. The van der Waals surface area contributed by atoms with Crippen molar-refractivity contribution in [2.45, 2.75) is 6.04 Å². The van der Waals surface area contributed by atoms with Crippen LogP contribution in [0, 0.1) is 0 Å². The maximum Gasteiger partial charge on any atom is 0.251 e. The Morgan fingerprint density at radius 2 is 1.18 bits per heavy atom. The molecule has 4 N–H and O–H groups in total. The van der Waals surface area contributed by atoms with E-state index < -0.39 is 0 Å². The van der Waals surface area contributed by atoms with E-state index in [1.165, 1.54) is 0 Å². The molecule has 6 heteroatoms. The molecule has 7 aromatic rings. The van der Waals surface area contributed by atoms with Crippen LogP contribution < -0.4 is 21.3 Å². The van der Waals surface area contributed by atoms with Crippen molar-refractivity contribution in [2.75, 3.05) is 7.05 Å². The van der Waals surface area contributed by atoms with E-state index in [1.807, 2.05) is 36.4 Å². The summed E-state index contributed by atoms with van der Waals surface area (Å²) >= 11 is 0. The lowest BCUT2D eigenvalue weighted by Gasteiger charge is -2.19. The smallest absolute Gasteiger partial charge is 0.251 e. The lowest BCUT2D eigenvalue weighted by Crippen LogP contribution is -2.30. The predicted octanol–water partition coefficient (Wildman–Crippen LogP) is 9.04. The van der Waals surface area contributed by atoms with Gasteiger partial charge in [-0.25, -0.2) is 4.99 Å². The van der Waals surface area contributed by atoms with Crippen molar-refractivity contribution in [2.24, 2.45) is 4.99 Å². The zero-order valence-electron chi connectivity index (χ0n) is 33.0. The number of aromatic nitrogens is 2. The second-order valence-corrected chi connectivity index (χ2v) is 14.9. The SMILES string of the molecule is CNC(=O)c1ccc(/C=C/c2c/c3[nH]/c2=C(/c2ccccc2)C2C=C/C(=C(\c4ccccc4)c4ccc([nH]4)/C(c4ccccc4)=C4/C=CC(=N4)/C=3c3ccccc3)N2)cc1. The maximum atomic E-state index is 12.3. The van der Waals surface area contributed by atoms with Gasteiger partial charge in [-0.15, -0.1) is 0 Å². The molecule has 1 amide bonds. The molecule has 1 unspecified atom stereocenters. The number of allylic oxidation sites excluding steroid dienone is 3. The number of carbonyl (C=O) groups is 1. The third-order valence-electron chi connectivity index (χ3n) is 11.2. The van der Waals surface area contributed by atoms with Gasteiger partial charge in [-0.1, -0.05) is 152 Å². The molecule has 0 aliphatic carbocycles. The largest absolute Gasteiger partial charge is 0.374 e. The van der Waals surface area contributed by atoms with Crippen molar-refractivity contribution in [1.82, 2.24) is 20.6 Å². The number of aromatic amines is 2. The summed E-state index contributed by atoms with van der Waals surface area (Å²) in [6.45, 7) is 0. The molecule has 8 bridgehead atoms. The number of hydrogen-bond acceptors (Lipinski definition) is 3. The number of fused-ring (bicyclic) bond motifs is 7. The molecule has 0 saturated heterocycles. The van der Waals surface area contributed by atoms with Crippen molar-refractivity contribution in [3.63, 3.8) is 0 Å². The lowest BCUT2D eigenvalue weighted by atomic mass is 9.97. The monoisotopic (exact) mass is 775 g/mol. The van der Waals surface area contributed by atoms with E-state index in [0.29, 0.717) is 5.56 Å². The molecule has 5 heterocycles. The van der Waals surface area contributed by atoms with Crippen LogP contribution in [0.2, 0.25) is 0 Å². The summed E-state index contributed by atoms with van der Waals surface area (Å²) in [5, 5.41) is 8.63. The van der Waals surface area contributed by atoms with Gasteiger partial charge in [-0.2, -0.15) is 0 Å². The van der Waals surface area contributed by atoms with Gasteiger partial charge in [0, 0.05) is 62.9 Å². The Morgan fingerprint density at radius 1 is 0.600 bits per heavy atom. The van der Waals surface area contributed by atoms with E-state index in [9.17, 15) is 4.79 Å². The van der Waals surface area contributed by atoms with Crippen LogP contribution >= 0.6 is 0 Å². The summed E-state index contributed by atoms with van der Waals surface area (Å²) < 4.78 is 0. The number of rotatable bonds is 7. The van der Waals surface area contributed by atoms with Gasteiger partial charge in [-0.3, -0.25) is 4.79 Å². The van der Waals surface area contributed by atoms with Crippen LogP contribution in [0.25, 0.3) is 34.4 Å². The molecule has 6 nitrogen and oxygen atoms in total. The Kier molecular flexibility index (Phi) is 9.56. The predicted molar refractivity (Wildman–Crippen MR) is 245 cm³/mol. The maximum absolute atomic E-state index is 12.3. The minimum atomic E-state index is -0.177. The highest BCUT2D eigenvalue weighted by Crippen LogP contribution is 2.36. The van der Waals surface area contributed by atoms with Crippen LogP contribution in [0.5, 0.6) is 0 Å². The normalized spacial score (nSPS) is 20.0. The summed E-state index contributed by atoms with van der Waals surface area (Å²) in [5.74, 6) is -0.111. The molecule has 3 aliphatic rings. The lowest BCUT2D eigenvalue weighted by molar-refractivity contribution is 0.0963. The molecule has 5 aromatic carbocycles. The Labute approximate surface area is 348 Å². The first-order chi connectivity index (χ1) is 29.6. The van der Waals surface area contributed by atoms with Gasteiger partial charge >= 0.3 is 0 Å². The first-order valence-corrected chi connectivity index (χ1v) is 20.2. The molecule has 0 radical (unpaired) electrons. The van der Waals surface area contributed by atoms with Crippen LogP contribution in [-0.4, -0.2) is 34.7 Å². The molecule has 1 atom stereocenters. The topological polar surface area (TPSA) is 85.1 Å². The molecule has 288 valence electrons. The summed E-state index contributed by atoms with van der Waals surface area (Å²) in [6.07, 6.45) is 13.0. The molecule has 0 fully saturated rings. The van der Waals surface area contributed by atoms with Crippen LogP contribution in [-0.2, 0) is 0 Å². The second kappa shape index (κ2) is 15.8. The van der Waals surface area contributed by atoms with Gasteiger partial charge in [0.1, 0.15) is 0 Å². The highest BCUT2D eigenvalue weighted by Gasteiger charge is 2.26. The third-order valence-corrected chi connectivity index (χ3v) is 11.2. The zero-order chi connectivity index (χ0) is 40.4. The highest BCUT2D eigenvalue weighted by atomic mass is 16.1. The van der Waals surface area contributed by atoms with Crippen molar-refractivity contribution in [1.29, 1.82) is 0 Å². The molecule has 60 heavy (non-hydrogen) atoms. The molecule has 3 aliphatic heterocycles. The van der Waals surface area contributed by atoms with Gasteiger partial charge in [0.2, 0.25) is 0 Å². The Morgan fingerprint density at radius 3 is 1.82 bits per heavy atom. The van der Waals surface area contributed by atoms with E-state index in [-0.39, 0.29) is 11.9 Å². The average Bonchev–Trinajstić information content (AvgIpc) is 4.15. The molecular formula is C54H41N5O. The first kappa shape index (κ1) is 36.4. The number of nitrogens with zero attached hydrogens (tertiary/aromatic N) is 1. The van der Waals surface area contributed by atoms with E-state index in [4.69, 9.17) is 4.99 Å².